The first-order valence-corrected chi connectivity index (χ1v) is 9.73. The first kappa shape index (κ1) is 18.0. The van der Waals surface area contributed by atoms with Crippen molar-refractivity contribution in [2.24, 2.45) is 0 Å². The Morgan fingerprint density at radius 1 is 1.28 bits per heavy atom. The van der Waals surface area contributed by atoms with Crippen LogP contribution in [0.25, 0.3) is 0 Å². The molecule has 2 aromatic rings. The number of aromatic nitrogens is 2. The van der Waals surface area contributed by atoms with E-state index >= 15 is 0 Å². The molecule has 3 rings (SSSR count). The van der Waals surface area contributed by atoms with E-state index in [9.17, 15) is 0 Å². The number of hydrogen-bond acceptors (Lipinski definition) is 3. The zero-order valence-corrected chi connectivity index (χ0v) is 15.6. The molecular weight excluding hydrogens is 310 g/mol. The first-order chi connectivity index (χ1) is 12.3. The Morgan fingerprint density at radius 3 is 3.08 bits per heavy atom. The van der Waals surface area contributed by atoms with Crippen LogP contribution >= 0.6 is 0 Å². The summed E-state index contributed by atoms with van der Waals surface area (Å²) in [5.74, 6) is 1.04. The number of rotatable bonds is 9. The lowest BCUT2D eigenvalue weighted by molar-refractivity contribution is 0.300. The summed E-state index contributed by atoms with van der Waals surface area (Å²) < 4.78 is 6.09. The standard InChI is InChI=1S/C21H31N3O/c1-3-4-5-6-11-25-21-12-16(2)7-8-18(21)14-22-19-10-9-17-15-23-24-20(17)13-19/h7-8,12,15,19,22H,3-6,9-11,13-14H2,1-2H3,(H,23,24). The van der Waals surface area contributed by atoms with Gasteiger partial charge in [0.05, 0.1) is 12.8 Å². The van der Waals surface area contributed by atoms with Crippen molar-refractivity contribution in [3.63, 3.8) is 0 Å². The SMILES string of the molecule is CCCCCCOc1cc(C)ccc1CNC1CCc2cn[nH]c2C1. The summed E-state index contributed by atoms with van der Waals surface area (Å²) in [6, 6.07) is 7.06. The summed E-state index contributed by atoms with van der Waals surface area (Å²) in [6.07, 6.45) is 10.2. The lowest BCUT2D eigenvalue weighted by atomic mass is 9.93. The maximum absolute atomic E-state index is 6.09. The van der Waals surface area contributed by atoms with Crippen LogP contribution in [0.5, 0.6) is 5.75 Å². The molecule has 1 aromatic carbocycles. The Kier molecular flexibility index (Phi) is 6.51. The molecule has 0 bridgehead atoms. The predicted molar refractivity (Wildman–Crippen MR) is 102 cm³/mol. The van der Waals surface area contributed by atoms with Gasteiger partial charge in [-0.15, -0.1) is 0 Å². The normalized spacial score (nSPS) is 16.6. The number of hydrogen-bond donors (Lipinski definition) is 2. The molecule has 0 aliphatic heterocycles. The molecule has 4 nitrogen and oxygen atoms in total. The lowest BCUT2D eigenvalue weighted by Gasteiger charge is -2.23. The number of unbranched alkanes of at least 4 members (excludes halogenated alkanes) is 3. The number of nitrogens with zero attached hydrogens (tertiary/aromatic N) is 1. The number of H-pyrrole nitrogens is 1. The number of benzene rings is 1. The van der Waals surface area contributed by atoms with Crippen LogP contribution < -0.4 is 10.1 Å². The van der Waals surface area contributed by atoms with E-state index in [-0.39, 0.29) is 0 Å². The molecule has 1 atom stereocenters. The fourth-order valence-electron chi connectivity index (χ4n) is 3.49. The Hall–Kier alpha value is -1.81. The molecule has 1 heterocycles. The zero-order valence-electron chi connectivity index (χ0n) is 15.6. The van der Waals surface area contributed by atoms with E-state index in [1.807, 2.05) is 6.20 Å². The van der Waals surface area contributed by atoms with Crippen LogP contribution in [0.15, 0.2) is 24.4 Å². The fraction of sp³-hybridized carbons (Fsp3) is 0.571. The highest BCUT2D eigenvalue weighted by Gasteiger charge is 2.20. The van der Waals surface area contributed by atoms with E-state index in [1.54, 1.807) is 0 Å². The van der Waals surface area contributed by atoms with E-state index < -0.39 is 0 Å². The molecule has 1 unspecified atom stereocenters. The third kappa shape index (κ3) is 5.08. The Bertz CT molecular complexity index is 665. The lowest BCUT2D eigenvalue weighted by Crippen LogP contribution is -2.34. The third-order valence-electron chi connectivity index (χ3n) is 5.08. The van der Waals surface area contributed by atoms with Gasteiger partial charge in [-0.25, -0.2) is 0 Å². The van der Waals surface area contributed by atoms with Crippen molar-refractivity contribution < 1.29 is 4.74 Å². The number of nitrogens with one attached hydrogen (secondary N) is 2. The summed E-state index contributed by atoms with van der Waals surface area (Å²) in [6.45, 7) is 6.04. The van der Waals surface area contributed by atoms with Crippen LogP contribution in [0.2, 0.25) is 0 Å². The van der Waals surface area contributed by atoms with Crippen LogP contribution in [0.4, 0.5) is 0 Å². The maximum Gasteiger partial charge on any atom is 0.124 e. The van der Waals surface area contributed by atoms with Crippen LogP contribution in [0, 0.1) is 6.92 Å². The number of aryl methyl sites for hydroxylation is 2. The van der Waals surface area contributed by atoms with Crippen LogP contribution in [-0.4, -0.2) is 22.8 Å². The average Bonchev–Trinajstić information content (AvgIpc) is 3.08. The van der Waals surface area contributed by atoms with Gasteiger partial charge in [-0.1, -0.05) is 38.3 Å². The monoisotopic (exact) mass is 341 g/mol. The Morgan fingerprint density at radius 2 is 2.20 bits per heavy atom. The van der Waals surface area contributed by atoms with Gasteiger partial charge in [0.15, 0.2) is 0 Å². The van der Waals surface area contributed by atoms with Gasteiger partial charge in [0.25, 0.3) is 0 Å². The number of ether oxygens (including phenoxy) is 1. The molecule has 0 radical (unpaired) electrons. The van der Waals surface area contributed by atoms with E-state index in [4.69, 9.17) is 4.74 Å². The van der Waals surface area contributed by atoms with E-state index in [0.717, 1.165) is 38.2 Å². The summed E-state index contributed by atoms with van der Waals surface area (Å²) in [7, 11) is 0. The predicted octanol–water partition coefficient (Wildman–Crippen LogP) is 4.32. The molecule has 25 heavy (non-hydrogen) atoms. The fourth-order valence-corrected chi connectivity index (χ4v) is 3.49. The smallest absolute Gasteiger partial charge is 0.124 e. The number of aromatic amines is 1. The van der Waals surface area contributed by atoms with Crippen molar-refractivity contribution in [2.75, 3.05) is 6.61 Å². The summed E-state index contributed by atoms with van der Waals surface area (Å²) >= 11 is 0. The minimum absolute atomic E-state index is 0.506. The van der Waals surface area contributed by atoms with Crippen molar-refractivity contribution in [2.45, 2.75) is 71.4 Å². The topological polar surface area (TPSA) is 49.9 Å². The molecule has 4 heteroatoms. The highest BCUT2D eigenvalue weighted by Crippen LogP contribution is 2.23. The second-order valence-electron chi connectivity index (χ2n) is 7.21. The minimum Gasteiger partial charge on any atom is -0.493 e. The number of fused-ring (bicyclic) bond motifs is 1. The van der Waals surface area contributed by atoms with Gasteiger partial charge in [0, 0.05) is 30.3 Å². The third-order valence-corrected chi connectivity index (χ3v) is 5.08. The van der Waals surface area contributed by atoms with Crippen molar-refractivity contribution in [1.29, 1.82) is 0 Å². The van der Waals surface area contributed by atoms with Gasteiger partial charge >= 0.3 is 0 Å². The largest absolute Gasteiger partial charge is 0.493 e. The molecule has 0 amide bonds. The maximum atomic E-state index is 6.09. The van der Waals surface area contributed by atoms with Crippen LogP contribution in [-0.2, 0) is 19.4 Å². The Balaban J connectivity index is 1.53. The first-order valence-electron chi connectivity index (χ1n) is 9.73. The zero-order chi connectivity index (χ0) is 17.5. The van der Waals surface area contributed by atoms with Gasteiger partial charge in [0.2, 0.25) is 0 Å². The van der Waals surface area contributed by atoms with E-state index in [0.29, 0.717) is 6.04 Å². The minimum atomic E-state index is 0.506. The van der Waals surface area contributed by atoms with Crippen molar-refractivity contribution in [3.8, 4) is 5.75 Å². The molecule has 0 saturated heterocycles. The average molecular weight is 341 g/mol. The van der Waals surface area contributed by atoms with E-state index in [1.165, 1.54) is 48.1 Å². The van der Waals surface area contributed by atoms with Crippen molar-refractivity contribution >= 4 is 0 Å². The van der Waals surface area contributed by atoms with Gasteiger partial charge < -0.3 is 10.1 Å². The molecule has 1 aliphatic rings. The molecule has 2 N–H and O–H groups in total. The van der Waals surface area contributed by atoms with E-state index in [2.05, 4.69) is 47.6 Å². The molecule has 0 spiro atoms. The molecule has 0 saturated carbocycles. The van der Waals surface area contributed by atoms with Gasteiger partial charge in [-0.3, -0.25) is 5.10 Å². The Labute approximate surface area is 151 Å². The molecule has 1 aliphatic carbocycles. The van der Waals surface area contributed by atoms with Crippen molar-refractivity contribution in [1.82, 2.24) is 15.5 Å². The van der Waals surface area contributed by atoms with Crippen LogP contribution in [0.3, 0.4) is 0 Å². The second-order valence-corrected chi connectivity index (χ2v) is 7.21. The summed E-state index contributed by atoms with van der Waals surface area (Å²) in [5, 5.41) is 11.0. The molecule has 0 fully saturated rings. The molecule has 1 aromatic heterocycles. The summed E-state index contributed by atoms with van der Waals surface area (Å²) in [5.41, 5.74) is 5.19. The molecule has 136 valence electrons. The molecular formula is C21H31N3O. The van der Waals surface area contributed by atoms with Gasteiger partial charge in [-0.2, -0.15) is 5.10 Å². The van der Waals surface area contributed by atoms with Crippen molar-refractivity contribution in [3.05, 3.63) is 46.8 Å². The highest BCUT2D eigenvalue weighted by atomic mass is 16.5. The second kappa shape index (κ2) is 9.04. The van der Waals surface area contributed by atoms with Gasteiger partial charge in [0.1, 0.15) is 5.75 Å². The quantitative estimate of drug-likeness (QED) is 0.668. The van der Waals surface area contributed by atoms with Gasteiger partial charge in [-0.05, 0) is 43.4 Å². The summed E-state index contributed by atoms with van der Waals surface area (Å²) in [4.78, 5) is 0. The highest BCUT2D eigenvalue weighted by molar-refractivity contribution is 5.37. The van der Waals surface area contributed by atoms with Crippen LogP contribution in [0.1, 0.15) is 61.4 Å².